The van der Waals surface area contributed by atoms with Crippen LogP contribution in [0.4, 0.5) is 0 Å². The molecule has 1 N–H and O–H groups in total. The van der Waals surface area contributed by atoms with Gasteiger partial charge in [0.2, 0.25) is 5.91 Å². The molecule has 0 spiro atoms. The van der Waals surface area contributed by atoms with E-state index in [-0.39, 0.29) is 12.5 Å². The Morgan fingerprint density at radius 1 is 1.32 bits per heavy atom. The minimum absolute atomic E-state index is 0.0237. The van der Waals surface area contributed by atoms with E-state index in [0.29, 0.717) is 12.3 Å². The normalized spacial score (nSPS) is 11.9. The Morgan fingerprint density at radius 2 is 1.95 bits per heavy atom. The zero-order valence-corrected chi connectivity index (χ0v) is 12.0. The Hall–Kier alpha value is -1.49. The fourth-order valence-corrected chi connectivity index (χ4v) is 2.39. The van der Waals surface area contributed by atoms with Crippen LogP contribution in [0.2, 0.25) is 0 Å². The lowest BCUT2D eigenvalue weighted by Gasteiger charge is -2.22. The maximum Gasteiger partial charge on any atom is 0.308 e. The standard InChI is InChI=1S/C14H19NO3S/c1-3-15(9-11(2)14(17)18)13(16)10-19-12-7-5-4-6-8-12/h4-8,11H,3,9-10H2,1-2H3,(H,17,18). The number of carbonyl (C=O) groups excluding carboxylic acids is 1. The van der Waals surface area contributed by atoms with Crippen molar-refractivity contribution in [2.45, 2.75) is 18.7 Å². The fraction of sp³-hybridized carbons (Fsp3) is 0.429. The number of carboxylic acid groups (broad SMARTS) is 1. The van der Waals surface area contributed by atoms with Gasteiger partial charge in [0.05, 0.1) is 11.7 Å². The molecule has 0 aromatic heterocycles. The summed E-state index contributed by atoms with van der Waals surface area (Å²) < 4.78 is 0. The van der Waals surface area contributed by atoms with Crippen molar-refractivity contribution in [2.75, 3.05) is 18.8 Å². The summed E-state index contributed by atoms with van der Waals surface area (Å²) in [6.07, 6.45) is 0. The molecule has 0 heterocycles. The van der Waals surface area contributed by atoms with Gasteiger partial charge in [0, 0.05) is 18.0 Å². The minimum atomic E-state index is -0.873. The number of hydrogen-bond donors (Lipinski definition) is 1. The van der Waals surface area contributed by atoms with Crippen LogP contribution in [0, 0.1) is 5.92 Å². The van der Waals surface area contributed by atoms with Crippen LogP contribution in [0.1, 0.15) is 13.8 Å². The average Bonchev–Trinajstić information content (AvgIpc) is 2.42. The maximum absolute atomic E-state index is 12.0. The van der Waals surface area contributed by atoms with E-state index >= 15 is 0 Å². The summed E-state index contributed by atoms with van der Waals surface area (Å²) >= 11 is 1.47. The number of thioether (sulfide) groups is 1. The summed E-state index contributed by atoms with van der Waals surface area (Å²) in [5.41, 5.74) is 0. The first-order valence-electron chi connectivity index (χ1n) is 6.23. The zero-order valence-electron chi connectivity index (χ0n) is 11.2. The third-order valence-corrected chi connectivity index (χ3v) is 3.75. The minimum Gasteiger partial charge on any atom is -0.481 e. The van der Waals surface area contributed by atoms with E-state index in [1.807, 2.05) is 37.3 Å². The smallest absolute Gasteiger partial charge is 0.308 e. The van der Waals surface area contributed by atoms with E-state index in [2.05, 4.69) is 0 Å². The largest absolute Gasteiger partial charge is 0.481 e. The molecule has 0 bridgehead atoms. The van der Waals surface area contributed by atoms with E-state index in [0.717, 1.165) is 4.90 Å². The molecule has 0 aliphatic carbocycles. The summed E-state index contributed by atoms with van der Waals surface area (Å²) in [6, 6.07) is 9.69. The van der Waals surface area contributed by atoms with Gasteiger partial charge in [-0.25, -0.2) is 0 Å². The number of benzene rings is 1. The highest BCUT2D eigenvalue weighted by atomic mass is 32.2. The van der Waals surface area contributed by atoms with Crippen molar-refractivity contribution in [1.29, 1.82) is 0 Å². The number of hydrogen-bond acceptors (Lipinski definition) is 3. The lowest BCUT2D eigenvalue weighted by atomic mass is 10.2. The molecule has 0 saturated heterocycles. The first-order valence-corrected chi connectivity index (χ1v) is 7.21. The summed E-state index contributed by atoms with van der Waals surface area (Å²) in [4.78, 5) is 25.5. The first kappa shape index (κ1) is 15.6. The second-order valence-electron chi connectivity index (χ2n) is 4.27. The molecule has 1 atom stereocenters. The zero-order chi connectivity index (χ0) is 14.3. The van der Waals surface area contributed by atoms with Crippen molar-refractivity contribution in [2.24, 2.45) is 5.92 Å². The molecule has 4 nitrogen and oxygen atoms in total. The number of carboxylic acids is 1. The van der Waals surface area contributed by atoms with Gasteiger partial charge < -0.3 is 10.0 Å². The van der Waals surface area contributed by atoms with E-state index in [4.69, 9.17) is 5.11 Å². The van der Waals surface area contributed by atoms with E-state index < -0.39 is 11.9 Å². The third kappa shape index (κ3) is 5.34. The van der Waals surface area contributed by atoms with Crippen LogP contribution < -0.4 is 0 Å². The number of rotatable bonds is 7. The van der Waals surface area contributed by atoms with Crippen molar-refractivity contribution >= 4 is 23.6 Å². The van der Waals surface area contributed by atoms with Gasteiger partial charge in [0.15, 0.2) is 0 Å². The third-order valence-electron chi connectivity index (χ3n) is 2.76. The Kier molecular flexibility index (Phi) is 6.42. The topological polar surface area (TPSA) is 57.6 Å². The predicted molar refractivity (Wildman–Crippen MR) is 76.2 cm³/mol. The highest BCUT2D eigenvalue weighted by Gasteiger charge is 2.19. The monoisotopic (exact) mass is 281 g/mol. The number of carbonyl (C=O) groups is 2. The second kappa shape index (κ2) is 7.84. The molecule has 1 rings (SSSR count). The van der Waals surface area contributed by atoms with Crippen LogP contribution in [0.3, 0.4) is 0 Å². The molecular formula is C14H19NO3S. The molecule has 1 amide bonds. The van der Waals surface area contributed by atoms with Gasteiger partial charge in [-0.15, -0.1) is 11.8 Å². The molecule has 5 heteroatoms. The van der Waals surface area contributed by atoms with Crippen molar-refractivity contribution in [1.82, 2.24) is 4.90 Å². The lowest BCUT2D eigenvalue weighted by Crippen LogP contribution is -2.37. The van der Waals surface area contributed by atoms with Crippen LogP contribution in [0.15, 0.2) is 35.2 Å². The van der Waals surface area contributed by atoms with Crippen molar-refractivity contribution < 1.29 is 14.7 Å². The van der Waals surface area contributed by atoms with Gasteiger partial charge in [-0.05, 0) is 19.1 Å². The molecule has 0 fully saturated rings. The molecule has 0 radical (unpaired) electrons. The Labute approximate surface area is 117 Å². The highest BCUT2D eigenvalue weighted by Crippen LogP contribution is 2.17. The summed E-state index contributed by atoms with van der Waals surface area (Å²) in [6.45, 7) is 4.27. The Balaban J connectivity index is 2.48. The van der Waals surface area contributed by atoms with Crippen LogP contribution in [-0.4, -0.2) is 40.7 Å². The molecule has 0 saturated carbocycles. The van der Waals surface area contributed by atoms with Crippen molar-refractivity contribution in [3.8, 4) is 0 Å². The Morgan fingerprint density at radius 3 is 2.47 bits per heavy atom. The quantitative estimate of drug-likeness (QED) is 0.779. The van der Waals surface area contributed by atoms with E-state index in [9.17, 15) is 9.59 Å². The molecule has 1 aromatic carbocycles. The molecular weight excluding hydrogens is 262 g/mol. The molecule has 19 heavy (non-hydrogen) atoms. The van der Waals surface area contributed by atoms with Crippen molar-refractivity contribution in [3.63, 3.8) is 0 Å². The molecule has 1 aromatic rings. The maximum atomic E-state index is 12.0. The summed E-state index contributed by atoms with van der Waals surface area (Å²) in [7, 11) is 0. The predicted octanol–water partition coefficient (Wildman–Crippen LogP) is 2.35. The van der Waals surface area contributed by atoms with E-state index in [1.54, 1.807) is 11.8 Å². The van der Waals surface area contributed by atoms with Crippen molar-refractivity contribution in [3.05, 3.63) is 30.3 Å². The summed E-state index contributed by atoms with van der Waals surface area (Å²) in [5, 5.41) is 8.87. The molecule has 104 valence electrons. The van der Waals surface area contributed by atoms with Gasteiger partial charge in [-0.3, -0.25) is 9.59 Å². The SMILES string of the molecule is CCN(CC(C)C(=O)O)C(=O)CSc1ccccc1. The van der Waals surface area contributed by atoms with Crippen LogP contribution in [0.25, 0.3) is 0 Å². The lowest BCUT2D eigenvalue weighted by molar-refractivity contribution is -0.142. The second-order valence-corrected chi connectivity index (χ2v) is 5.32. The van der Waals surface area contributed by atoms with Gasteiger partial charge in [-0.2, -0.15) is 0 Å². The van der Waals surface area contributed by atoms with Gasteiger partial charge >= 0.3 is 5.97 Å². The molecule has 0 aliphatic rings. The Bertz CT molecular complexity index is 422. The molecule has 0 aliphatic heterocycles. The molecule has 1 unspecified atom stereocenters. The highest BCUT2D eigenvalue weighted by molar-refractivity contribution is 8.00. The number of nitrogens with zero attached hydrogens (tertiary/aromatic N) is 1. The van der Waals surface area contributed by atoms with Crippen LogP contribution in [-0.2, 0) is 9.59 Å². The van der Waals surface area contributed by atoms with E-state index in [1.165, 1.54) is 11.8 Å². The van der Waals surface area contributed by atoms with Gasteiger partial charge in [0.1, 0.15) is 0 Å². The first-order chi connectivity index (χ1) is 9.04. The fourth-order valence-electron chi connectivity index (χ4n) is 1.57. The number of amides is 1. The van der Waals surface area contributed by atoms with Crippen LogP contribution in [0.5, 0.6) is 0 Å². The van der Waals surface area contributed by atoms with Gasteiger partial charge in [-0.1, -0.05) is 25.1 Å². The van der Waals surface area contributed by atoms with Crippen LogP contribution >= 0.6 is 11.8 Å². The average molecular weight is 281 g/mol. The van der Waals surface area contributed by atoms with Gasteiger partial charge in [0.25, 0.3) is 0 Å². The number of aliphatic carboxylic acids is 1. The summed E-state index contributed by atoms with van der Waals surface area (Å²) in [5.74, 6) is -1.10.